The van der Waals surface area contributed by atoms with E-state index in [9.17, 15) is 9.59 Å². The fourth-order valence-corrected chi connectivity index (χ4v) is 2.64. The lowest BCUT2D eigenvalue weighted by molar-refractivity contribution is -0.147. The van der Waals surface area contributed by atoms with Crippen LogP contribution >= 0.6 is 0 Å². The van der Waals surface area contributed by atoms with Crippen molar-refractivity contribution in [2.45, 2.75) is 45.1 Å². The van der Waals surface area contributed by atoms with Crippen LogP contribution in [0.25, 0.3) is 0 Å². The monoisotopic (exact) mass is 255 g/mol. The van der Waals surface area contributed by atoms with Gasteiger partial charge in [0.05, 0.1) is 17.9 Å². The highest BCUT2D eigenvalue weighted by Crippen LogP contribution is 2.31. The number of carbonyl (C=O) groups excluding carboxylic acids is 1. The molecule has 0 spiro atoms. The molecule has 2 saturated heterocycles. The predicted octanol–water partition coefficient (Wildman–Crippen LogP) is 1.27. The summed E-state index contributed by atoms with van der Waals surface area (Å²) in [4.78, 5) is 24.9. The minimum atomic E-state index is -0.813. The Morgan fingerprint density at radius 2 is 2.22 bits per heavy atom. The second kappa shape index (κ2) is 5.26. The average molecular weight is 255 g/mol. The van der Waals surface area contributed by atoms with Crippen LogP contribution < -0.4 is 0 Å². The van der Waals surface area contributed by atoms with Gasteiger partial charge in [-0.2, -0.15) is 0 Å². The Bertz CT molecular complexity index is 338. The lowest BCUT2D eigenvalue weighted by atomic mass is 9.90. The van der Waals surface area contributed by atoms with Crippen molar-refractivity contribution >= 4 is 11.9 Å². The van der Waals surface area contributed by atoms with Crippen LogP contribution in [0.15, 0.2) is 0 Å². The first-order valence-electron chi connectivity index (χ1n) is 6.64. The summed E-state index contributed by atoms with van der Waals surface area (Å²) >= 11 is 0. The molecule has 2 heterocycles. The van der Waals surface area contributed by atoms with Crippen molar-refractivity contribution in [1.82, 2.24) is 4.90 Å². The van der Waals surface area contributed by atoms with Gasteiger partial charge in [-0.15, -0.1) is 0 Å². The molecule has 2 atom stereocenters. The number of nitrogens with zero attached hydrogens (tertiary/aromatic N) is 1. The zero-order valence-electron chi connectivity index (χ0n) is 10.9. The molecule has 18 heavy (non-hydrogen) atoms. The van der Waals surface area contributed by atoms with E-state index in [0.717, 1.165) is 25.9 Å². The third kappa shape index (κ3) is 2.83. The number of aliphatic carboxylic acids is 1. The van der Waals surface area contributed by atoms with Crippen LogP contribution in [0.2, 0.25) is 0 Å². The quantitative estimate of drug-likeness (QED) is 0.824. The molecule has 2 aliphatic rings. The van der Waals surface area contributed by atoms with Crippen LogP contribution in [0.1, 0.15) is 39.0 Å². The van der Waals surface area contributed by atoms with Crippen molar-refractivity contribution < 1.29 is 19.4 Å². The van der Waals surface area contributed by atoms with Crippen molar-refractivity contribution in [2.24, 2.45) is 5.41 Å². The minimum Gasteiger partial charge on any atom is -0.481 e. The van der Waals surface area contributed by atoms with Crippen LogP contribution in [-0.2, 0) is 14.3 Å². The topological polar surface area (TPSA) is 66.8 Å². The number of rotatable bonds is 3. The highest BCUT2D eigenvalue weighted by Gasteiger charge is 2.42. The van der Waals surface area contributed by atoms with E-state index in [1.165, 1.54) is 0 Å². The first kappa shape index (κ1) is 13.3. The number of carbonyl (C=O) groups is 2. The van der Waals surface area contributed by atoms with E-state index in [4.69, 9.17) is 9.84 Å². The van der Waals surface area contributed by atoms with Crippen molar-refractivity contribution in [3.05, 3.63) is 0 Å². The molecule has 0 radical (unpaired) electrons. The molecule has 5 nitrogen and oxygen atoms in total. The summed E-state index contributed by atoms with van der Waals surface area (Å²) < 4.78 is 5.54. The Morgan fingerprint density at radius 1 is 1.44 bits per heavy atom. The van der Waals surface area contributed by atoms with E-state index in [-0.39, 0.29) is 12.0 Å². The van der Waals surface area contributed by atoms with Crippen LogP contribution in [0.3, 0.4) is 0 Å². The van der Waals surface area contributed by atoms with Crippen molar-refractivity contribution in [2.75, 3.05) is 19.7 Å². The van der Waals surface area contributed by atoms with Gasteiger partial charge in [0, 0.05) is 19.7 Å². The lowest BCUT2D eigenvalue weighted by Crippen LogP contribution is -2.37. The van der Waals surface area contributed by atoms with Gasteiger partial charge in [0.1, 0.15) is 0 Å². The molecule has 0 saturated carbocycles. The van der Waals surface area contributed by atoms with Gasteiger partial charge in [-0.05, 0) is 32.6 Å². The average Bonchev–Trinajstić information content (AvgIpc) is 2.75. The molecule has 0 aromatic rings. The number of amides is 1. The largest absolute Gasteiger partial charge is 0.481 e. The van der Waals surface area contributed by atoms with Crippen LogP contribution in [0, 0.1) is 5.41 Å². The maximum absolute atomic E-state index is 12.1. The molecule has 5 heteroatoms. The molecule has 102 valence electrons. The van der Waals surface area contributed by atoms with E-state index in [1.807, 2.05) is 0 Å². The van der Waals surface area contributed by atoms with Crippen LogP contribution in [-0.4, -0.2) is 47.7 Å². The number of likely N-dealkylation sites (tertiary alicyclic amines) is 1. The minimum absolute atomic E-state index is 0.0305. The van der Waals surface area contributed by atoms with Gasteiger partial charge in [-0.1, -0.05) is 0 Å². The van der Waals surface area contributed by atoms with E-state index in [1.54, 1.807) is 11.8 Å². The summed E-state index contributed by atoms with van der Waals surface area (Å²) in [5.74, 6) is -0.779. The fraction of sp³-hybridized carbons (Fsp3) is 0.846. The van der Waals surface area contributed by atoms with Crippen molar-refractivity contribution in [3.63, 3.8) is 0 Å². The molecule has 2 rings (SSSR count). The number of carboxylic acids is 1. The van der Waals surface area contributed by atoms with Gasteiger partial charge in [0.25, 0.3) is 0 Å². The zero-order valence-corrected chi connectivity index (χ0v) is 10.9. The Kier molecular flexibility index (Phi) is 3.90. The molecule has 2 aliphatic heterocycles. The molecule has 0 bridgehead atoms. The van der Waals surface area contributed by atoms with Crippen molar-refractivity contribution in [3.8, 4) is 0 Å². The third-order valence-corrected chi connectivity index (χ3v) is 4.02. The molecular weight excluding hydrogens is 234 g/mol. The van der Waals surface area contributed by atoms with Gasteiger partial charge in [-0.25, -0.2) is 0 Å². The zero-order chi connectivity index (χ0) is 13.2. The predicted molar refractivity (Wildman–Crippen MR) is 65.1 cm³/mol. The number of hydrogen-bond acceptors (Lipinski definition) is 3. The number of ether oxygens (including phenoxy) is 1. The summed E-state index contributed by atoms with van der Waals surface area (Å²) in [6.07, 6.45) is 4.10. The summed E-state index contributed by atoms with van der Waals surface area (Å²) in [5.41, 5.74) is -0.775. The Hall–Kier alpha value is -1.10. The van der Waals surface area contributed by atoms with E-state index >= 15 is 0 Å². The molecule has 0 aromatic heterocycles. The summed E-state index contributed by atoms with van der Waals surface area (Å²) in [6.45, 7) is 3.33. The smallest absolute Gasteiger partial charge is 0.311 e. The molecule has 0 unspecified atom stereocenters. The fourth-order valence-electron chi connectivity index (χ4n) is 2.64. The second-order valence-electron chi connectivity index (χ2n) is 5.62. The number of carboxylic acid groups (broad SMARTS) is 1. The first-order valence-corrected chi connectivity index (χ1v) is 6.64. The van der Waals surface area contributed by atoms with Crippen molar-refractivity contribution in [1.29, 1.82) is 0 Å². The molecule has 2 fully saturated rings. The van der Waals surface area contributed by atoms with E-state index in [2.05, 4.69) is 0 Å². The highest BCUT2D eigenvalue weighted by atomic mass is 16.5. The van der Waals surface area contributed by atoms with Gasteiger partial charge in [-0.3, -0.25) is 9.59 Å². The highest BCUT2D eigenvalue weighted by molar-refractivity contribution is 5.80. The Labute approximate surface area is 107 Å². The number of hydrogen-bond donors (Lipinski definition) is 1. The van der Waals surface area contributed by atoms with Gasteiger partial charge in [0.2, 0.25) is 5.91 Å². The Balaban J connectivity index is 1.85. The van der Waals surface area contributed by atoms with Gasteiger partial charge in [0.15, 0.2) is 0 Å². The SMILES string of the molecule is C[C@]1(C(=O)O)CCN(C(=O)C[C@@H]2CCCCO2)C1. The van der Waals surface area contributed by atoms with Gasteiger partial charge >= 0.3 is 5.97 Å². The third-order valence-electron chi connectivity index (χ3n) is 4.02. The standard InChI is InChI=1S/C13H21NO4/c1-13(12(16)17)5-6-14(9-13)11(15)8-10-4-2-3-7-18-10/h10H,2-9H2,1H3,(H,16,17)/t10-,13-/m0/s1. The summed E-state index contributed by atoms with van der Waals surface area (Å²) in [6, 6.07) is 0. The van der Waals surface area contributed by atoms with Crippen LogP contribution in [0.4, 0.5) is 0 Å². The molecule has 1 N–H and O–H groups in total. The summed E-state index contributed by atoms with van der Waals surface area (Å²) in [7, 11) is 0. The molecular formula is C13H21NO4. The second-order valence-corrected chi connectivity index (χ2v) is 5.62. The maximum atomic E-state index is 12.1. The van der Waals surface area contributed by atoms with Crippen LogP contribution in [0.5, 0.6) is 0 Å². The molecule has 1 amide bonds. The molecule has 0 aromatic carbocycles. The van der Waals surface area contributed by atoms with Gasteiger partial charge < -0.3 is 14.7 Å². The maximum Gasteiger partial charge on any atom is 0.311 e. The normalized spacial score (nSPS) is 32.5. The molecule has 0 aliphatic carbocycles. The first-order chi connectivity index (χ1) is 8.51. The van der Waals surface area contributed by atoms with E-state index < -0.39 is 11.4 Å². The lowest BCUT2D eigenvalue weighted by Gasteiger charge is -2.25. The Morgan fingerprint density at radius 3 is 2.78 bits per heavy atom. The summed E-state index contributed by atoms with van der Waals surface area (Å²) in [5, 5.41) is 9.13. The van der Waals surface area contributed by atoms with E-state index in [0.29, 0.717) is 25.9 Å².